The summed E-state index contributed by atoms with van der Waals surface area (Å²) in [4.78, 5) is 17.2. The second kappa shape index (κ2) is 8.76. The summed E-state index contributed by atoms with van der Waals surface area (Å²) in [5.74, 6) is 0.630. The fraction of sp³-hybridized carbons (Fsp3) is 0.154. The molecule has 0 radical (unpaired) electrons. The highest BCUT2D eigenvalue weighted by atomic mass is 35.5. The Balaban J connectivity index is 1.60. The fourth-order valence-corrected chi connectivity index (χ4v) is 4.05. The molecule has 7 nitrogen and oxygen atoms in total. The fourth-order valence-electron chi connectivity index (χ4n) is 3.82. The molecule has 1 N–H and O–H groups in total. The van der Waals surface area contributed by atoms with Gasteiger partial charge >= 0.3 is 0 Å². The Morgan fingerprint density at radius 1 is 1.06 bits per heavy atom. The maximum atomic E-state index is 13.1. The predicted molar refractivity (Wildman–Crippen MR) is 131 cm³/mol. The number of aromatic nitrogens is 4. The van der Waals surface area contributed by atoms with Crippen LogP contribution in [0.3, 0.4) is 0 Å². The molecule has 0 spiro atoms. The molecule has 170 valence electrons. The van der Waals surface area contributed by atoms with Gasteiger partial charge in [-0.3, -0.25) is 4.79 Å². The van der Waals surface area contributed by atoms with Gasteiger partial charge in [0, 0.05) is 16.5 Å². The Labute approximate surface area is 201 Å². The molecular weight excluding hydrogens is 450 g/mol. The summed E-state index contributed by atoms with van der Waals surface area (Å²) < 4.78 is 7.02. The molecule has 5 rings (SSSR count). The van der Waals surface area contributed by atoms with E-state index in [1.165, 1.54) is 0 Å². The van der Waals surface area contributed by atoms with Crippen molar-refractivity contribution in [1.82, 2.24) is 25.2 Å². The van der Waals surface area contributed by atoms with E-state index in [-0.39, 0.29) is 5.91 Å². The Morgan fingerprint density at radius 2 is 1.82 bits per heavy atom. The van der Waals surface area contributed by atoms with Crippen molar-refractivity contribution in [3.05, 3.63) is 94.6 Å². The lowest BCUT2D eigenvalue weighted by Crippen LogP contribution is -2.26. The Bertz CT molecular complexity index is 1500. The molecule has 3 aromatic carbocycles. The molecule has 0 aliphatic rings. The van der Waals surface area contributed by atoms with Gasteiger partial charge in [0.25, 0.3) is 5.91 Å². The number of halogens is 1. The van der Waals surface area contributed by atoms with Gasteiger partial charge in [-0.15, -0.1) is 0 Å². The summed E-state index contributed by atoms with van der Waals surface area (Å²) in [6, 6.07) is 20.8. The lowest BCUT2D eigenvalue weighted by molar-refractivity contribution is 0.0932. The van der Waals surface area contributed by atoms with Crippen LogP contribution < -0.4 is 5.32 Å². The summed E-state index contributed by atoms with van der Waals surface area (Å²) in [5.41, 5.74) is 4.92. The van der Waals surface area contributed by atoms with Crippen molar-refractivity contribution < 1.29 is 9.32 Å². The first-order valence-corrected chi connectivity index (χ1v) is 11.2. The van der Waals surface area contributed by atoms with Crippen LogP contribution in [-0.2, 0) is 0 Å². The van der Waals surface area contributed by atoms with E-state index >= 15 is 0 Å². The molecule has 8 heteroatoms. The third kappa shape index (κ3) is 4.06. The third-order valence-corrected chi connectivity index (χ3v) is 5.94. The number of aryl methyl sites for hydroxylation is 2. The number of rotatable bonds is 5. The molecule has 1 amide bonds. The second-order valence-electron chi connectivity index (χ2n) is 8.18. The van der Waals surface area contributed by atoms with E-state index in [9.17, 15) is 4.79 Å². The van der Waals surface area contributed by atoms with Crippen LogP contribution >= 0.6 is 11.6 Å². The van der Waals surface area contributed by atoms with Crippen LogP contribution in [0.5, 0.6) is 0 Å². The van der Waals surface area contributed by atoms with Gasteiger partial charge in [-0.25, -0.2) is 4.68 Å². The van der Waals surface area contributed by atoms with Crippen LogP contribution in [0.15, 0.2) is 71.3 Å². The maximum absolute atomic E-state index is 13.1. The highest BCUT2D eigenvalue weighted by Gasteiger charge is 2.20. The zero-order valence-electron chi connectivity index (χ0n) is 18.9. The van der Waals surface area contributed by atoms with Gasteiger partial charge in [-0.05, 0) is 57.2 Å². The first-order valence-electron chi connectivity index (χ1n) is 10.9. The Morgan fingerprint density at radius 3 is 2.53 bits per heavy atom. The van der Waals surface area contributed by atoms with Gasteiger partial charge in [-0.1, -0.05) is 52.7 Å². The molecule has 0 bridgehead atoms. The largest absolute Gasteiger partial charge is 0.341 e. The van der Waals surface area contributed by atoms with Crippen molar-refractivity contribution in [2.45, 2.75) is 26.8 Å². The molecule has 0 saturated carbocycles. The van der Waals surface area contributed by atoms with Crippen molar-refractivity contribution in [1.29, 1.82) is 0 Å². The smallest absolute Gasteiger partial charge is 0.251 e. The number of nitrogens with one attached hydrogen (secondary N) is 1. The Kier molecular flexibility index (Phi) is 5.63. The normalized spacial score (nSPS) is 12.1. The van der Waals surface area contributed by atoms with Crippen molar-refractivity contribution in [3.8, 4) is 16.9 Å². The van der Waals surface area contributed by atoms with E-state index < -0.39 is 6.04 Å². The summed E-state index contributed by atoms with van der Waals surface area (Å²) in [6.45, 7) is 5.57. The molecule has 2 heterocycles. The van der Waals surface area contributed by atoms with Crippen molar-refractivity contribution in [3.63, 3.8) is 0 Å². The number of carbonyl (C=O) groups excluding carboxylic acids is 1. The number of benzene rings is 3. The van der Waals surface area contributed by atoms with E-state index in [0.29, 0.717) is 22.3 Å². The summed E-state index contributed by atoms with van der Waals surface area (Å²) in [5, 5.41) is 13.1. The van der Waals surface area contributed by atoms with Crippen molar-refractivity contribution in [2.75, 3.05) is 0 Å². The van der Waals surface area contributed by atoms with Crippen LogP contribution in [0.25, 0.3) is 27.8 Å². The molecule has 0 fully saturated rings. The van der Waals surface area contributed by atoms with Gasteiger partial charge in [0.05, 0.1) is 16.2 Å². The molecule has 0 saturated heterocycles. The average Bonchev–Trinajstić information content (AvgIpc) is 3.43. The Hall–Kier alpha value is -3.97. The minimum Gasteiger partial charge on any atom is -0.341 e. The molecule has 0 aliphatic heterocycles. The van der Waals surface area contributed by atoms with Gasteiger partial charge < -0.3 is 9.84 Å². The van der Waals surface area contributed by atoms with Gasteiger partial charge in [0.2, 0.25) is 5.89 Å². The zero-order chi connectivity index (χ0) is 23.8. The highest BCUT2D eigenvalue weighted by molar-refractivity contribution is 6.33. The molecule has 5 aromatic rings. The van der Waals surface area contributed by atoms with Gasteiger partial charge in [0.15, 0.2) is 5.82 Å². The van der Waals surface area contributed by atoms with Gasteiger partial charge in [-0.2, -0.15) is 10.1 Å². The average molecular weight is 472 g/mol. The number of hydrogen-bond acceptors (Lipinski definition) is 5. The number of amides is 1. The molecule has 2 aromatic heterocycles. The monoisotopic (exact) mass is 471 g/mol. The SMILES string of the molecule is Cc1ccc(-n2nc(-c3ccccc3Cl)c3ccc(C(=O)N[C@H](C)c4nc(C)no4)cc32)cc1. The molecule has 0 unspecified atom stereocenters. The maximum Gasteiger partial charge on any atom is 0.251 e. The van der Waals surface area contributed by atoms with Gasteiger partial charge in [0.1, 0.15) is 11.7 Å². The van der Waals surface area contributed by atoms with Crippen LogP contribution in [-0.4, -0.2) is 25.8 Å². The highest BCUT2D eigenvalue weighted by Crippen LogP contribution is 2.34. The first-order chi connectivity index (χ1) is 16.4. The van der Waals surface area contributed by atoms with Crippen LogP contribution in [0, 0.1) is 13.8 Å². The topological polar surface area (TPSA) is 85.8 Å². The number of nitrogens with zero attached hydrogens (tertiary/aromatic N) is 4. The van der Waals surface area contributed by atoms with Crippen LogP contribution in [0.1, 0.15) is 40.6 Å². The van der Waals surface area contributed by atoms with E-state index in [1.807, 2.05) is 72.3 Å². The number of fused-ring (bicyclic) bond motifs is 1. The standard InChI is InChI=1S/C26H22ClN5O2/c1-15-8-11-19(12-9-15)32-23-14-18(25(33)28-16(2)26-29-17(3)31-34-26)10-13-21(23)24(30-32)20-6-4-5-7-22(20)27/h4-14,16H,1-3H3,(H,28,33)/t16-/m1/s1. The molecular formula is C26H22ClN5O2. The number of hydrogen-bond donors (Lipinski definition) is 1. The first kappa shape index (κ1) is 21.9. The van der Waals surface area contributed by atoms with Crippen LogP contribution in [0.4, 0.5) is 0 Å². The summed E-state index contributed by atoms with van der Waals surface area (Å²) in [7, 11) is 0. The quantitative estimate of drug-likeness (QED) is 0.348. The lowest BCUT2D eigenvalue weighted by atomic mass is 10.1. The minimum atomic E-state index is -0.426. The third-order valence-electron chi connectivity index (χ3n) is 5.61. The molecule has 1 atom stereocenters. The zero-order valence-corrected chi connectivity index (χ0v) is 19.7. The summed E-state index contributed by atoms with van der Waals surface area (Å²) in [6.07, 6.45) is 0. The lowest BCUT2D eigenvalue weighted by Gasteiger charge is -2.10. The predicted octanol–water partition coefficient (Wildman–Crippen LogP) is 5.84. The number of carbonyl (C=O) groups is 1. The second-order valence-corrected chi connectivity index (χ2v) is 8.59. The van der Waals surface area contributed by atoms with E-state index in [4.69, 9.17) is 21.2 Å². The summed E-state index contributed by atoms with van der Waals surface area (Å²) >= 11 is 6.50. The van der Waals surface area contributed by atoms with E-state index in [0.717, 1.165) is 33.4 Å². The van der Waals surface area contributed by atoms with Crippen molar-refractivity contribution >= 4 is 28.4 Å². The van der Waals surface area contributed by atoms with Crippen molar-refractivity contribution in [2.24, 2.45) is 0 Å². The molecule has 0 aliphatic carbocycles. The van der Waals surface area contributed by atoms with E-state index in [2.05, 4.69) is 15.5 Å². The minimum absolute atomic E-state index is 0.249. The van der Waals surface area contributed by atoms with Crippen LogP contribution in [0.2, 0.25) is 5.02 Å². The van der Waals surface area contributed by atoms with E-state index in [1.54, 1.807) is 19.9 Å². The molecule has 34 heavy (non-hydrogen) atoms.